The number of hydrogen-bond acceptors (Lipinski definition) is 4. The van der Waals surface area contributed by atoms with E-state index in [1.165, 1.54) is 11.1 Å². The Bertz CT molecular complexity index is 1500. The molecule has 1 aliphatic carbocycles. The lowest BCUT2D eigenvalue weighted by atomic mass is 9.88. The van der Waals surface area contributed by atoms with E-state index in [-0.39, 0.29) is 11.5 Å². The standard InChI is InChI=1S/C28H24Br2IN3O2/c29-21-12-11-20(23(30)15-21)17-36-26-13-10-18(14-24(26)31)16-32-34-27(19-6-2-1-3-7-19)33-25-9-5-4-8-22(25)28(34)35/h4-5,8-16,19H,1-3,6-7,17H2. The van der Waals surface area contributed by atoms with Crippen molar-refractivity contribution >= 4 is 71.6 Å². The van der Waals surface area contributed by atoms with Crippen molar-refractivity contribution in [3.8, 4) is 5.75 Å². The van der Waals surface area contributed by atoms with Gasteiger partial charge in [-0.1, -0.05) is 69.3 Å². The van der Waals surface area contributed by atoms with Gasteiger partial charge in [0, 0.05) is 20.4 Å². The van der Waals surface area contributed by atoms with Gasteiger partial charge in [0.15, 0.2) is 0 Å². The molecular formula is C28H24Br2IN3O2. The zero-order valence-corrected chi connectivity index (χ0v) is 24.8. The Morgan fingerprint density at radius 3 is 2.64 bits per heavy atom. The van der Waals surface area contributed by atoms with Gasteiger partial charge in [-0.2, -0.15) is 9.78 Å². The molecule has 1 aliphatic rings. The molecule has 1 heterocycles. The maximum atomic E-state index is 13.4. The van der Waals surface area contributed by atoms with Crippen molar-refractivity contribution in [2.24, 2.45) is 5.10 Å². The summed E-state index contributed by atoms with van der Waals surface area (Å²) in [5.41, 5.74) is 2.58. The summed E-state index contributed by atoms with van der Waals surface area (Å²) in [6.07, 6.45) is 7.38. The van der Waals surface area contributed by atoms with E-state index in [1.54, 1.807) is 6.21 Å². The van der Waals surface area contributed by atoms with E-state index in [9.17, 15) is 4.79 Å². The van der Waals surface area contributed by atoms with Crippen molar-refractivity contribution in [1.29, 1.82) is 0 Å². The van der Waals surface area contributed by atoms with Gasteiger partial charge >= 0.3 is 0 Å². The van der Waals surface area contributed by atoms with Crippen LogP contribution in [0.1, 0.15) is 55.0 Å². The maximum absolute atomic E-state index is 13.4. The van der Waals surface area contributed by atoms with Crippen LogP contribution in [0, 0.1) is 3.57 Å². The Morgan fingerprint density at radius 1 is 1.06 bits per heavy atom. The Kier molecular flexibility index (Phi) is 8.22. The van der Waals surface area contributed by atoms with Crippen LogP contribution in [-0.4, -0.2) is 15.9 Å². The summed E-state index contributed by atoms with van der Waals surface area (Å²) in [5.74, 6) is 1.82. The summed E-state index contributed by atoms with van der Waals surface area (Å²) in [7, 11) is 0. The molecule has 1 aromatic heterocycles. The number of hydrogen-bond donors (Lipinski definition) is 0. The highest BCUT2D eigenvalue weighted by Gasteiger charge is 2.22. The molecule has 8 heteroatoms. The van der Waals surface area contributed by atoms with Crippen LogP contribution >= 0.6 is 54.5 Å². The summed E-state index contributed by atoms with van der Waals surface area (Å²) in [6, 6.07) is 19.5. The van der Waals surface area contributed by atoms with Gasteiger partial charge in [0.25, 0.3) is 5.56 Å². The largest absolute Gasteiger partial charge is 0.488 e. The van der Waals surface area contributed by atoms with E-state index < -0.39 is 0 Å². The molecule has 36 heavy (non-hydrogen) atoms. The second kappa shape index (κ2) is 11.6. The average Bonchev–Trinajstić information content (AvgIpc) is 2.89. The monoisotopic (exact) mass is 719 g/mol. The first-order valence-corrected chi connectivity index (χ1v) is 14.6. The molecule has 0 unspecified atom stereocenters. The van der Waals surface area contributed by atoms with E-state index in [0.29, 0.717) is 12.0 Å². The number of fused-ring (bicyclic) bond motifs is 1. The van der Waals surface area contributed by atoms with Crippen molar-refractivity contribution in [2.45, 2.75) is 44.6 Å². The molecule has 1 fully saturated rings. The van der Waals surface area contributed by atoms with Gasteiger partial charge < -0.3 is 4.74 Å². The number of benzene rings is 3. The SMILES string of the molecule is O=c1c2ccccc2nc(C2CCCCC2)n1N=Cc1ccc(OCc2ccc(Br)cc2Br)c(I)c1. The molecule has 0 atom stereocenters. The lowest BCUT2D eigenvalue weighted by molar-refractivity contribution is 0.303. The molecule has 0 bridgehead atoms. The fourth-order valence-corrected chi connectivity index (χ4v) is 6.37. The Hall–Kier alpha value is -2.04. The van der Waals surface area contributed by atoms with Gasteiger partial charge in [-0.05, 0) is 83.5 Å². The van der Waals surface area contributed by atoms with Gasteiger partial charge in [-0.3, -0.25) is 4.79 Å². The lowest BCUT2D eigenvalue weighted by Crippen LogP contribution is -2.25. The van der Waals surface area contributed by atoms with Gasteiger partial charge in [-0.25, -0.2) is 4.98 Å². The quantitative estimate of drug-likeness (QED) is 0.150. The molecule has 5 rings (SSSR count). The van der Waals surface area contributed by atoms with E-state index in [2.05, 4.69) is 59.6 Å². The summed E-state index contributed by atoms with van der Waals surface area (Å²) in [5, 5.41) is 5.24. The van der Waals surface area contributed by atoms with Crippen LogP contribution in [0.2, 0.25) is 0 Å². The number of ether oxygens (including phenoxy) is 1. The van der Waals surface area contributed by atoms with Crippen LogP contribution in [0.15, 0.2) is 79.5 Å². The molecule has 184 valence electrons. The van der Waals surface area contributed by atoms with Crippen molar-refractivity contribution in [3.05, 3.63) is 100 Å². The molecule has 0 aliphatic heterocycles. The highest BCUT2D eigenvalue weighted by Crippen LogP contribution is 2.32. The van der Waals surface area contributed by atoms with E-state index >= 15 is 0 Å². The molecule has 0 saturated heterocycles. The predicted octanol–water partition coefficient (Wildman–Crippen LogP) is 8.04. The molecule has 0 amide bonds. The van der Waals surface area contributed by atoms with Crippen LogP contribution < -0.4 is 10.3 Å². The minimum atomic E-state index is -0.118. The van der Waals surface area contributed by atoms with Crippen molar-refractivity contribution in [3.63, 3.8) is 0 Å². The Balaban J connectivity index is 1.41. The molecule has 0 N–H and O–H groups in total. The molecule has 1 saturated carbocycles. The second-order valence-electron chi connectivity index (χ2n) is 8.90. The molecule has 5 nitrogen and oxygen atoms in total. The minimum Gasteiger partial charge on any atom is -0.488 e. The van der Waals surface area contributed by atoms with Crippen molar-refractivity contribution in [2.75, 3.05) is 0 Å². The zero-order valence-electron chi connectivity index (χ0n) is 19.5. The van der Waals surface area contributed by atoms with Gasteiger partial charge in [0.1, 0.15) is 18.2 Å². The Labute approximate surface area is 240 Å². The smallest absolute Gasteiger partial charge is 0.282 e. The highest BCUT2D eigenvalue weighted by atomic mass is 127. The van der Waals surface area contributed by atoms with Crippen LogP contribution in [0.25, 0.3) is 10.9 Å². The first-order valence-electron chi connectivity index (χ1n) is 11.9. The number of para-hydroxylation sites is 1. The van der Waals surface area contributed by atoms with Crippen LogP contribution in [0.4, 0.5) is 0 Å². The van der Waals surface area contributed by atoms with E-state index in [4.69, 9.17) is 9.72 Å². The zero-order chi connectivity index (χ0) is 25.1. The number of rotatable bonds is 6. The highest BCUT2D eigenvalue weighted by molar-refractivity contribution is 14.1. The van der Waals surface area contributed by atoms with Crippen LogP contribution in [0.5, 0.6) is 5.75 Å². The normalized spacial score (nSPS) is 14.5. The second-order valence-corrected chi connectivity index (χ2v) is 11.8. The number of nitrogens with zero attached hydrogens (tertiary/aromatic N) is 3. The first kappa shape index (κ1) is 25.6. The molecule has 3 aromatic carbocycles. The molecule has 4 aromatic rings. The fourth-order valence-electron chi connectivity index (χ4n) is 4.51. The first-order chi connectivity index (χ1) is 17.5. The van der Waals surface area contributed by atoms with Gasteiger partial charge in [0.05, 0.1) is 20.7 Å². The number of halogens is 3. The minimum absolute atomic E-state index is 0.118. The van der Waals surface area contributed by atoms with Crippen molar-refractivity contribution < 1.29 is 4.74 Å². The van der Waals surface area contributed by atoms with Gasteiger partial charge in [-0.15, -0.1) is 0 Å². The van der Waals surface area contributed by atoms with Crippen LogP contribution in [-0.2, 0) is 6.61 Å². The summed E-state index contributed by atoms with van der Waals surface area (Å²) in [4.78, 5) is 18.3. The van der Waals surface area contributed by atoms with Crippen LogP contribution in [0.3, 0.4) is 0 Å². The van der Waals surface area contributed by atoms with E-state index in [0.717, 1.165) is 66.4 Å². The topological polar surface area (TPSA) is 56.5 Å². The van der Waals surface area contributed by atoms with E-state index in [1.807, 2.05) is 60.7 Å². The van der Waals surface area contributed by atoms with Crippen molar-refractivity contribution in [1.82, 2.24) is 9.66 Å². The summed E-state index contributed by atoms with van der Waals surface area (Å²) >= 11 is 9.33. The number of aromatic nitrogens is 2. The third-order valence-corrected chi connectivity index (χ3v) is 8.50. The molecule has 0 radical (unpaired) electrons. The average molecular weight is 721 g/mol. The third kappa shape index (κ3) is 5.75. The summed E-state index contributed by atoms with van der Waals surface area (Å²) in [6.45, 7) is 0.459. The maximum Gasteiger partial charge on any atom is 0.282 e. The molecule has 0 spiro atoms. The summed E-state index contributed by atoms with van der Waals surface area (Å²) < 4.78 is 10.6. The van der Waals surface area contributed by atoms with Gasteiger partial charge in [0.2, 0.25) is 0 Å². The fraction of sp³-hybridized carbons (Fsp3) is 0.250. The molecular weight excluding hydrogens is 697 g/mol. The lowest BCUT2D eigenvalue weighted by Gasteiger charge is -2.22. The Morgan fingerprint density at radius 2 is 1.86 bits per heavy atom. The third-order valence-electron chi connectivity index (χ3n) is 6.43. The predicted molar refractivity (Wildman–Crippen MR) is 160 cm³/mol.